The molecule has 0 aliphatic carbocycles. The van der Waals surface area contributed by atoms with Crippen molar-refractivity contribution in [2.24, 2.45) is 5.73 Å². The number of benzene rings is 2. The molecule has 0 heterocycles. The zero-order valence-electron chi connectivity index (χ0n) is 15.2. The number of halogens is 1. The quantitative estimate of drug-likeness (QED) is 0.646. The van der Waals surface area contributed by atoms with Gasteiger partial charge in [-0.05, 0) is 60.9 Å². The standard InChI is InChI=1S/C9H11ClS.C9H13N.C2H6/c1-3-7-4-5-8(11-2)6-9(7)10;1-7-3-4-9(6-10)5-8(7)2;1-2/h4-6H,3H2,1-2H3;3-5H,6,10H2,1-2H3;1-2H3. The molecule has 0 aliphatic rings. The molecular weight excluding hydrogens is 322 g/mol. The lowest BCUT2D eigenvalue weighted by atomic mass is 10.1. The van der Waals surface area contributed by atoms with Gasteiger partial charge in [-0.3, -0.25) is 0 Å². The Balaban J connectivity index is 0.000000381. The fraction of sp³-hybridized carbons (Fsp3) is 0.400. The summed E-state index contributed by atoms with van der Waals surface area (Å²) >= 11 is 7.71. The lowest BCUT2D eigenvalue weighted by molar-refractivity contribution is 1.06. The lowest BCUT2D eigenvalue weighted by Gasteiger charge is -2.01. The van der Waals surface area contributed by atoms with Crippen molar-refractivity contribution in [1.29, 1.82) is 0 Å². The summed E-state index contributed by atoms with van der Waals surface area (Å²) in [6.07, 6.45) is 3.06. The summed E-state index contributed by atoms with van der Waals surface area (Å²) in [7, 11) is 0. The molecule has 1 nitrogen and oxygen atoms in total. The molecule has 0 bridgehead atoms. The van der Waals surface area contributed by atoms with Gasteiger partial charge in [0.1, 0.15) is 0 Å². The largest absolute Gasteiger partial charge is 0.326 e. The van der Waals surface area contributed by atoms with E-state index in [0.717, 1.165) is 11.4 Å². The molecule has 2 aromatic carbocycles. The highest BCUT2D eigenvalue weighted by atomic mass is 35.5. The number of rotatable bonds is 3. The van der Waals surface area contributed by atoms with Crippen LogP contribution in [0.25, 0.3) is 0 Å². The van der Waals surface area contributed by atoms with E-state index in [9.17, 15) is 0 Å². The molecule has 2 aromatic rings. The first kappa shape index (κ1) is 22.0. The third kappa shape index (κ3) is 7.92. The maximum absolute atomic E-state index is 5.99. The van der Waals surface area contributed by atoms with Crippen molar-refractivity contribution in [3.05, 3.63) is 63.7 Å². The minimum absolute atomic E-state index is 0.640. The average molecular weight is 352 g/mol. The molecule has 0 saturated carbocycles. The van der Waals surface area contributed by atoms with E-state index in [-0.39, 0.29) is 0 Å². The molecule has 0 unspecified atom stereocenters. The van der Waals surface area contributed by atoms with Crippen LogP contribution in [-0.2, 0) is 13.0 Å². The first-order valence-electron chi connectivity index (χ1n) is 8.10. The van der Waals surface area contributed by atoms with Crippen LogP contribution in [0.2, 0.25) is 5.02 Å². The fourth-order valence-corrected chi connectivity index (χ4v) is 2.69. The summed E-state index contributed by atoms with van der Waals surface area (Å²) in [5.74, 6) is 0. The molecular formula is C20H30ClNS. The zero-order valence-corrected chi connectivity index (χ0v) is 16.8. The van der Waals surface area contributed by atoms with E-state index in [1.54, 1.807) is 11.8 Å². The average Bonchev–Trinajstić information content (AvgIpc) is 2.59. The number of aryl methyl sites for hydroxylation is 3. The van der Waals surface area contributed by atoms with E-state index in [1.807, 2.05) is 19.9 Å². The molecule has 2 N–H and O–H groups in total. The van der Waals surface area contributed by atoms with Crippen LogP contribution in [0.15, 0.2) is 41.3 Å². The van der Waals surface area contributed by atoms with E-state index < -0.39 is 0 Å². The Morgan fingerprint density at radius 3 is 2.09 bits per heavy atom. The SMILES string of the molecule is CC.CCc1ccc(SC)cc1Cl.Cc1ccc(CN)cc1C. The van der Waals surface area contributed by atoms with Gasteiger partial charge in [0.05, 0.1) is 0 Å². The molecule has 0 amide bonds. The Labute approximate surface area is 151 Å². The highest BCUT2D eigenvalue weighted by Gasteiger charge is 1.98. The number of thioether (sulfide) groups is 1. The highest BCUT2D eigenvalue weighted by molar-refractivity contribution is 7.98. The summed E-state index contributed by atoms with van der Waals surface area (Å²) in [6, 6.07) is 12.5. The van der Waals surface area contributed by atoms with Crippen molar-refractivity contribution in [2.45, 2.75) is 52.5 Å². The van der Waals surface area contributed by atoms with Crippen LogP contribution in [0.1, 0.15) is 43.0 Å². The summed E-state index contributed by atoms with van der Waals surface area (Å²) in [4.78, 5) is 1.23. The van der Waals surface area contributed by atoms with Gasteiger partial charge in [-0.25, -0.2) is 0 Å². The van der Waals surface area contributed by atoms with E-state index >= 15 is 0 Å². The van der Waals surface area contributed by atoms with E-state index in [0.29, 0.717) is 6.54 Å². The van der Waals surface area contributed by atoms with Gasteiger partial charge in [0.15, 0.2) is 0 Å². The molecule has 0 radical (unpaired) electrons. The van der Waals surface area contributed by atoms with Gasteiger partial charge in [0.2, 0.25) is 0 Å². The second-order valence-corrected chi connectivity index (χ2v) is 6.22. The molecule has 0 saturated heterocycles. The van der Waals surface area contributed by atoms with Crippen LogP contribution in [0.5, 0.6) is 0 Å². The van der Waals surface area contributed by atoms with Crippen LogP contribution in [0, 0.1) is 13.8 Å². The van der Waals surface area contributed by atoms with Crippen molar-refractivity contribution in [3.63, 3.8) is 0 Å². The third-order valence-corrected chi connectivity index (χ3v) is 4.53. The van der Waals surface area contributed by atoms with E-state index in [1.165, 1.54) is 27.1 Å². The van der Waals surface area contributed by atoms with Crippen molar-refractivity contribution in [3.8, 4) is 0 Å². The molecule has 0 atom stereocenters. The van der Waals surface area contributed by atoms with E-state index in [2.05, 4.69) is 57.4 Å². The Hall–Kier alpha value is -0.960. The highest BCUT2D eigenvalue weighted by Crippen LogP contribution is 2.23. The number of hydrogen-bond acceptors (Lipinski definition) is 2. The van der Waals surface area contributed by atoms with Gasteiger partial charge in [-0.2, -0.15) is 0 Å². The number of hydrogen-bond donors (Lipinski definition) is 1. The van der Waals surface area contributed by atoms with Crippen molar-refractivity contribution < 1.29 is 0 Å². The first-order chi connectivity index (χ1) is 11.0. The van der Waals surface area contributed by atoms with Gasteiger partial charge in [0.25, 0.3) is 0 Å². The summed E-state index contributed by atoms with van der Waals surface area (Å²) in [5.41, 5.74) is 10.6. The third-order valence-electron chi connectivity index (χ3n) is 3.45. The molecule has 23 heavy (non-hydrogen) atoms. The van der Waals surface area contributed by atoms with Crippen molar-refractivity contribution in [2.75, 3.05) is 6.26 Å². The summed E-state index contributed by atoms with van der Waals surface area (Å²) in [5, 5.41) is 0.888. The maximum atomic E-state index is 5.99. The van der Waals surface area contributed by atoms with Crippen LogP contribution in [-0.4, -0.2) is 6.26 Å². The minimum atomic E-state index is 0.640. The Kier molecular flexibility index (Phi) is 11.9. The molecule has 3 heteroatoms. The van der Waals surface area contributed by atoms with Gasteiger partial charge in [0, 0.05) is 16.5 Å². The summed E-state index contributed by atoms with van der Waals surface area (Å²) < 4.78 is 0. The molecule has 0 fully saturated rings. The van der Waals surface area contributed by atoms with Crippen LogP contribution < -0.4 is 5.73 Å². The lowest BCUT2D eigenvalue weighted by Crippen LogP contribution is -1.96. The Morgan fingerprint density at radius 1 is 1.00 bits per heavy atom. The fourth-order valence-electron chi connectivity index (χ4n) is 1.87. The molecule has 128 valence electrons. The second kappa shape index (κ2) is 12.5. The smallest absolute Gasteiger partial charge is 0.0449 e. The molecule has 0 aliphatic heterocycles. The second-order valence-electron chi connectivity index (χ2n) is 4.93. The number of nitrogens with two attached hydrogens (primary N) is 1. The zero-order chi connectivity index (χ0) is 17.8. The molecule has 0 aromatic heterocycles. The van der Waals surface area contributed by atoms with E-state index in [4.69, 9.17) is 17.3 Å². The van der Waals surface area contributed by atoms with Crippen LogP contribution >= 0.6 is 23.4 Å². The van der Waals surface area contributed by atoms with Crippen LogP contribution in [0.4, 0.5) is 0 Å². The Morgan fingerprint density at radius 2 is 1.65 bits per heavy atom. The topological polar surface area (TPSA) is 26.0 Å². The van der Waals surface area contributed by atoms with Crippen molar-refractivity contribution >= 4 is 23.4 Å². The van der Waals surface area contributed by atoms with Crippen molar-refractivity contribution in [1.82, 2.24) is 0 Å². The normalized spacial score (nSPS) is 9.39. The predicted molar refractivity (Wildman–Crippen MR) is 108 cm³/mol. The van der Waals surface area contributed by atoms with Gasteiger partial charge >= 0.3 is 0 Å². The van der Waals surface area contributed by atoms with Gasteiger partial charge < -0.3 is 5.73 Å². The molecule has 2 rings (SSSR count). The van der Waals surface area contributed by atoms with Gasteiger partial charge in [-0.15, -0.1) is 11.8 Å². The minimum Gasteiger partial charge on any atom is -0.326 e. The van der Waals surface area contributed by atoms with Crippen LogP contribution in [0.3, 0.4) is 0 Å². The molecule has 0 spiro atoms. The Bertz CT molecular complexity index is 582. The first-order valence-corrected chi connectivity index (χ1v) is 9.70. The monoisotopic (exact) mass is 351 g/mol. The van der Waals surface area contributed by atoms with Gasteiger partial charge in [-0.1, -0.05) is 56.6 Å². The summed E-state index contributed by atoms with van der Waals surface area (Å²) in [6.45, 7) is 11.0. The maximum Gasteiger partial charge on any atom is 0.0449 e. The predicted octanol–water partition coefficient (Wildman–Crippen LogP) is 6.41.